The summed E-state index contributed by atoms with van der Waals surface area (Å²) in [7, 11) is 0. The number of aliphatic hydroxyl groups excluding tert-OH is 1. The van der Waals surface area contributed by atoms with Gasteiger partial charge in [0, 0.05) is 5.56 Å². The molecule has 1 atom stereocenters. The molecule has 21 heavy (non-hydrogen) atoms. The lowest BCUT2D eigenvalue weighted by Crippen LogP contribution is -2.04. The number of rotatable bonds is 5. The highest BCUT2D eigenvalue weighted by molar-refractivity contribution is 9.10. The standard InChI is InChI=1S/C16H15BrClFO2/c1-2-8-21-14-7-6-10(9-12(14)17)16(20)11-4-3-5-13(18)15(11)19/h3-7,9,16,20H,2,8H2,1H3. The molecular formula is C16H15BrClFO2. The van der Waals surface area contributed by atoms with Crippen molar-refractivity contribution in [2.24, 2.45) is 0 Å². The molecule has 0 heterocycles. The first kappa shape index (κ1) is 16.3. The quantitative estimate of drug-likeness (QED) is 0.789. The predicted octanol–water partition coefficient (Wildman–Crippen LogP) is 5.11. The molecule has 112 valence electrons. The monoisotopic (exact) mass is 372 g/mol. The van der Waals surface area contributed by atoms with Crippen LogP contribution in [0.1, 0.15) is 30.6 Å². The third-order valence-corrected chi connectivity index (χ3v) is 3.92. The van der Waals surface area contributed by atoms with E-state index in [4.69, 9.17) is 16.3 Å². The van der Waals surface area contributed by atoms with Gasteiger partial charge in [-0.15, -0.1) is 0 Å². The second-order valence-electron chi connectivity index (χ2n) is 4.58. The van der Waals surface area contributed by atoms with Crippen molar-refractivity contribution in [1.82, 2.24) is 0 Å². The Bertz CT molecular complexity index is 634. The third kappa shape index (κ3) is 3.76. The summed E-state index contributed by atoms with van der Waals surface area (Å²) >= 11 is 9.14. The van der Waals surface area contributed by atoms with Crippen LogP contribution in [0.5, 0.6) is 5.75 Å². The fourth-order valence-electron chi connectivity index (χ4n) is 1.93. The summed E-state index contributed by atoms with van der Waals surface area (Å²) in [5, 5.41) is 10.3. The summed E-state index contributed by atoms with van der Waals surface area (Å²) in [5.74, 6) is 0.0912. The van der Waals surface area contributed by atoms with Crippen LogP contribution < -0.4 is 4.74 Å². The molecule has 5 heteroatoms. The Hall–Kier alpha value is -1.10. The molecule has 0 aromatic heterocycles. The Morgan fingerprint density at radius 2 is 2.10 bits per heavy atom. The largest absolute Gasteiger partial charge is 0.492 e. The smallest absolute Gasteiger partial charge is 0.147 e. The van der Waals surface area contributed by atoms with Gasteiger partial charge in [-0.1, -0.05) is 36.7 Å². The van der Waals surface area contributed by atoms with E-state index in [1.807, 2.05) is 6.92 Å². The second-order valence-corrected chi connectivity index (χ2v) is 5.85. The molecule has 0 fully saturated rings. The van der Waals surface area contributed by atoms with Crippen molar-refractivity contribution in [3.05, 3.63) is 62.8 Å². The summed E-state index contributed by atoms with van der Waals surface area (Å²) in [5.41, 5.74) is 0.712. The fourth-order valence-corrected chi connectivity index (χ4v) is 2.62. The van der Waals surface area contributed by atoms with E-state index in [-0.39, 0.29) is 10.6 Å². The zero-order valence-electron chi connectivity index (χ0n) is 11.4. The molecule has 0 saturated heterocycles. The van der Waals surface area contributed by atoms with E-state index in [9.17, 15) is 9.50 Å². The number of aliphatic hydroxyl groups is 1. The molecule has 2 nitrogen and oxygen atoms in total. The minimum Gasteiger partial charge on any atom is -0.492 e. The van der Waals surface area contributed by atoms with E-state index in [0.29, 0.717) is 17.9 Å². The van der Waals surface area contributed by atoms with Crippen molar-refractivity contribution in [2.75, 3.05) is 6.61 Å². The molecule has 0 bridgehead atoms. The zero-order chi connectivity index (χ0) is 15.4. The fraction of sp³-hybridized carbons (Fsp3) is 0.250. The molecule has 2 rings (SSSR count). The van der Waals surface area contributed by atoms with Crippen LogP contribution in [0.4, 0.5) is 4.39 Å². The summed E-state index contributed by atoms with van der Waals surface area (Å²) in [6.07, 6.45) is -0.176. The van der Waals surface area contributed by atoms with Gasteiger partial charge >= 0.3 is 0 Å². The summed E-state index contributed by atoms with van der Waals surface area (Å²) < 4.78 is 20.2. The van der Waals surface area contributed by atoms with Gasteiger partial charge in [0.05, 0.1) is 16.1 Å². The van der Waals surface area contributed by atoms with E-state index in [0.717, 1.165) is 10.9 Å². The Kier molecular flexibility index (Phi) is 5.62. The van der Waals surface area contributed by atoms with Gasteiger partial charge in [0.2, 0.25) is 0 Å². The second kappa shape index (κ2) is 7.25. The molecule has 2 aromatic rings. The number of benzene rings is 2. The van der Waals surface area contributed by atoms with Gasteiger partial charge in [-0.25, -0.2) is 4.39 Å². The molecular weight excluding hydrogens is 359 g/mol. The normalized spacial score (nSPS) is 12.2. The number of ether oxygens (including phenoxy) is 1. The Labute approximate surface area is 136 Å². The summed E-state index contributed by atoms with van der Waals surface area (Å²) in [6, 6.07) is 9.75. The van der Waals surface area contributed by atoms with Crippen molar-refractivity contribution in [1.29, 1.82) is 0 Å². The average molecular weight is 374 g/mol. The van der Waals surface area contributed by atoms with Crippen LogP contribution in [0.2, 0.25) is 5.02 Å². The molecule has 0 spiro atoms. The minimum absolute atomic E-state index is 0.00600. The predicted molar refractivity (Wildman–Crippen MR) is 85.4 cm³/mol. The first-order chi connectivity index (χ1) is 10.0. The minimum atomic E-state index is -1.08. The van der Waals surface area contributed by atoms with E-state index >= 15 is 0 Å². The van der Waals surface area contributed by atoms with Crippen LogP contribution >= 0.6 is 27.5 Å². The van der Waals surface area contributed by atoms with Gasteiger partial charge < -0.3 is 9.84 Å². The van der Waals surface area contributed by atoms with E-state index in [1.165, 1.54) is 12.1 Å². The van der Waals surface area contributed by atoms with Crippen molar-refractivity contribution in [2.45, 2.75) is 19.4 Å². The first-order valence-electron chi connectivity index (χ1n) is 6.58. The van der Waals surface area contributed by atoms with Crippen LogP contribution in [-0.2, 0) is 0 Å². The summed E-state index contributed by atoms with van der Waals surface area (Å²) in [6.45, 7) is 2.64. The number of hydrogen-bond acceptors (Lipinski definition) is 2. The van der Waals surface area contributed by atoms with E-state index < -0.39 is 11.9 Å². The first-order valence-corrected chi connectivity index (χ1v) is 7.76. The van der Waals surface area contributed by atoms with Gasteiger partial charge in [0.25, 0.3) is 0 Å². The van der Waals surface area contributed by atoms with Gasteiger partial charge in [-0.3, -0.25) is 0 Å². The van der Waals surface area contributed by atoms with E-state index in [1.54, 1.807) is 24.3 Å². The highest BCUT2D eigenvalue weighted by Gasteiger charge is 2.18. The van der Waals surface area contributed by atoms with Gasteiger partial charge in [0.1, 0.15) is 17.7 Å². The molecule has 0 amide bonds. The molecule has 1 N–H and O–H groups in total. The van der Waals surface area contributed by atoms with Gasteiger partial charge in [0.15, 0.2) is 0 Å². The average Bonchev–Trinajstić information content (AvgIpc) is 2.48. The maximum atomic E-state index is 14.0. The van der Waals surface area contributed by atoms with Gasteiger partial charge in [-0.05, 0) is 46.1 Å². The third-order valence-electron chi connectivity index (χ3n) is 3.01. The molecule has 0 aliphatic heterocycles. The lowest BCUT2D eigenvalue weighted by molar-refractivity contribution is 0.214. The molecule has 0 aliphatic rings. The van der Waals surface area contributed by atoms with Crippen molar-refractivity contribution < 1.29 is 14.2 Å². The van der Waals surface area contributed by atoms with Crippen LogP contribution in [0, 0.1) is 5.82 Å². The Morgan fingerprint density at radius 3 is 2.76 bits per heavy atom. The van der Waals surface area contributed by atoms with Crippen LogP contribution in [0.3, 0.4) is 0 Å². The maximum absolute atomic E-state index is 14.0. The van der Waals surface area contributed by atoms with Crippen molar-refractivity contribution in [3.8, 4) is 5.75 Å². The molecule has 0 radical (unpaired) electrons. The Morgan fingerprint density at radius 1 is 1.33 bits per heavy atom. The molecule has 0 saturated carbocycles. The molecule has 0 aliphatic carbocycles. The number of halogens is 3. The van der Waals surface area contributed by atoms with Crippen molar-refractivity contribution in [3.63, 3.8) is 0 Å². The summed E-state index contributed by atoms with van der Waals surface area (Å²) in [4.78, 5) is 0. The lowest BCUT2D eigenvalue weighted by atomic mass is 10.0. The molecule has 1 unspecified atom stereocenters. The van der Waals surface area contributed by atoms with Crippen LogP contribution in [-0.4, -0.2) is 11.7 Å². The van der Waals surface area contributed by atoms with Crippen molar-refractivity contribution >= 4 is 27.5 Å². The van der Waals surface area contributed by atoms with Gasteiger partial charge in [-0.2, -0.15) is 0 Å². The van der Waals surface area contributed by atoms with Crippen LogP contribution in [0.15, 0.2) is 40.9 Å². The zero-order valence-corrected chi connectivity index (χ0v) is 13.8. The topological polar surface area (TPSA) is 29.5 Å². The highest BCUT2D eigenvalue weighted by Crippen LogP contribution is 2.33. The van der Waals surface area contributed by atoms with E-state index in [2.05, 4.69) is 15.9 Å². The highest BCUT2D eigenvalue weighted by atomic mass is 79.9. The lowest BCUT2D eigenvalue weighted by Gasteiger charge is -2.15. The SMILES string of the molecule is CCCOc1ccc(C(O)c2cccc(Cl)c2F)cc1Br. The molecule has 2 aromatic carbocycles. The van der Waals surface area contributed by atoms with Crippen LogP contribution in [0.25, 0.3) is 0 Å². The maximum Gasteiger partial charge on any atom is 0.147 e. The Balaban J connectivity index is 2.29. The number of hydrogen-bond donors (Lipinski definition) is 1.